The van der Waals surface area contributed by atoms with Gasteiger partial charge in [0.05, 0.1) is 5.52 Å². The minimum Gasteiger partial charge on any atom is -0.504 e. The van der Waals surface area contributed by atoms with Gasteiger partial charge in [-0.3, -0.25) is 4.79 Å². The van der Waals surface area contributed by atoms with Crippen molar-refractivity contribution in [3.63, 3.8) is 0 Å². The van der Waals surface area contributed by atoms with Crippen LogP contribution < -0.4 is 15.6 Å². The zero-order valence-corrected chi connectivity index (χ0v) is 12.7. The predicted molar refractivity (Wildman–Crippen MR) is 85.3 cm³/mol. The van der Waals surface area contributed by atoms with Gasteiger partial charge in [0.1, 0.15) is 6.61 Å². The molecule has 0 saturated carbocycles. The summed E-state index contributed by atoms with van der Waals surface area (Å²) in [6, 6.07) is 5.42. The third-order valence-corrected chi connectivity index (χ3v) is 3.34. The normalized spacial score (nSPS) is 10.5. The molecule has 1 aromatic carbocycles. The van der Waals surface area contributed by atoms with Gasteiger partial charge in [-0.2, -0.15) is 0 Å². The molecule has 0 bridgehead atoms. The van der Waals surface area contributed by atoms with E-state index in [1.807, 2.05) is 32.1 Å². The number of hydrogen-bond acceptors (Lipinski definition) is 4. The number of aromatic hydroxyl groups is 1. The Hall–Kier alpha value is -2.43. The zero-order chi connectivity index (χ0) is 15.6. The van der Waals surface area contributed by atoms with E-state index in [0.717, 1.165) is 11.3 Å². The van der Waals surface area contributed by atoms with Crippen LogP contribution in [0.3, 0.4) is 0 Å². The lowest BCUT2D eigenvalue weighted by molar-refractivity contribution is 0.330. The molecular formula is C16H20N2O3. The lowest BCUT2D eigenvalue weighted by atomic mass is 10.1. The molecular weight excluding hydrogens is 268 g/mol. The van der Waals surface area contributed by atoms with Crippen LogP contribution in [0.2, 0.25) is 0 Å². The Morgan fingerprint density at radius 2 is 2.14 bits per heavy atom. The fraction of sp³-hybridized carbons (Fsp3) is 0.312. The van der Waals surface area contributed by atoms with Crippen LogP contribution in [0.1, 0.15) is 13.8 Å². The minimum atomic E-state index is -0.351. The summed E-state index contributed by atoms with van der Waals surface area (Å²) < 4.78 is 6.93. The van der Waals surface area contributed by atoms with Gasteiger partial charge in [-0.25, -0.2) is 0 Å². The number of anilines is 1. The standard InChI is InChI=1S/C16H20N2O3/c1-10(2)7-8-21-15-14(19)12-6-5-11(17-3)9-13(12)18(4)16(15)20/h5-7,9,17,19H,8H2,1-4H3. The van der Waals surface area contributed by atoms with Crippen LogP contribution in [0, 0.1) is 0 Å². The highest BCUT2D eigenvalue weighted by atomic mass is 16.5. The summed E-state index contributed by atoms with van der Waals surface area (Å²) in [6.07, 6.45) is 1.85. The van der Waals surface area contributed by atoms with Crippen molar-refractivity contribution >= 4 is 16.6 Å². The number of allylic oxidation sites excluding steroid dienone is 1. The number of nitrogens with one attached hydrogen (secondary N) is 1. The van der Waals surface area contributed by atoms with E-state index in [4.69, 9.17) is 4.74 Å². The molecule has 0 fully saturated rings. The Morgan fingerprint density at radius 3 is 2.76 bits per heavy atom. The fourth-order valence-electron chi connectivity index (χ4n) is 2.07. The number of rotatable bonds is 4. The summed E-state index contributed by atoms with van der Waals surface area (Å²) in [7, 11) is 3.47. The van der Waals surface area contributed by atoms with Crippen molar-refractivity contribution in [3.05, 3.63) is 40.2 Å². The number of hydrogen-bond donors (Lipinski definition) is 2. The molecule has 0 radical (unpaired) electrons. The molecule has 5 heteroatoms. The van der Waals surface area contributed by atoms with Crippen LogP contribution in [0.4, 0.5) is 5.69 Å². The van der Waals surface area contributed by atoms with Crippen LogP contribution in [0.15, 0.2) is 34.6 Å². The van der Waals surface area contributed by atoms with Crippen molar-refractivity contribution in [3.8, 4) is 11.5 Å². The highest BCUT2D eigenvalue weighted by Crippen LogP contribution is 2.32. The first kappa shape index (κ1) is 15.0. The van der Waals surface area contributed by atoms with E-state index in [1.165, 1.54) is 4.57 Å². The summed E-state index contributed by atoms with van der Waals surface area (Å²) in [6.45, 7) is 4.15. The van der Waals surface area contributed by atoms with Gasteiger partial charge in [0.25, 0.3) is 5.56 Å². The van der Waals surface area contributed by atoms with Crippen LogP contribution in [0.5, 0.6) is 11.5 Å². The average molecular weight is 288 g/mol. The first-order valence-electron chi connectivity index (χ1n) is 6.75. The Balaban J connectivity index is 2.58. The smallest absolute Gasteiger partial charge is 0.297 e. The quantitative estimate of drug-likeness (QED) is 0.849. The maximum atomic E-state index is 12.3. The third-order valence-electron chi connectivity index (χ3n) is 3.34. The minimum absolute atomic E-state index is 0.0142. The van der Waals surface area contributed by atoms with Gasteiger partial charge in [-0.05, 0) is 38.1 Å². The second-order valence-corrected chi connectivity index (χ2v) is 5.12. The van der Waals surface area contributed by atoms with Gasteiger partial charge in [0.15, 0.2) is 5.75 Å². The molecule has 0 atom stereocenters. The number of fused-ring (bicyclic) bond motifs is 1. The summed E-state index contributed by atoms with van der Waals surface area (Å²) in [5.41, 5.74) is 2.26. The van der Waals surface area contributed by atoms with E-state index < -0.39 is 0 Å². The monoisotopic (exact) mass is 288 g/mol. The Morgan fingerprint density at radius 1 is 1.43 bits per heavy atom. The topological polar surface area (TPSA) is 63.5 Å². The maximum absolute atomic E-state index is 12.3. The number of aromatic nitrogens is 1. The average Bonchev–Trinajstić information content (AvgIpc) is 2.47. The Labute approximate surface area is 123 Å². The summed E-state index contributed by atoms with van der Waals surface area (Å²) >= 11 is 0. The lowest BCUT2D eigenvalue weighted by Gasteiger charge is -2.13. The highest BCUT2D eigenvalue weighted by Gasteiger charge is 2.15. The van der Waals surface area contributed by atoms with Crippen LogP contribution in [-0.4, -0.2) is 23.3 Å². The van der Waals surface area contributed by atoms with E-state index in [0.29, 0.717) is 10.9 Å². The van der Waals surface area contributed by atoms with Crippen LogP contribution >= 0.6 is 0 Å². The molecule has 0 amide bonds. The van der Waals surface area contributed by atoms with Crippen molar-refractivity contribution in [1.29, 1.82) is 0 Å². The second-order valence-electron chi connectivity index (χ2n) is 5.12. The second kappa shape index (κ2) is 5.91. The number of benzene rings is 1. The third kappa shape index (κ3) is 2.86. The molecule has 1 aromatic heterocycles. The molecule has 21 heavy (non-hydrogen) atoms. The van der Waals surface area contributed by atoms with Gasteiger partial charge in [0.2, 0.25) is 5.75 Å². The first-order valence-corrected chi connectivity index (χ1v) is 6.75. The van der Waals surface area contributed by atoms with Crippen LogP contribution in [0.25, 0.3) is 10.9 Å². The van der Waals surface area contributed by atoms with Crippen molar-refractivity contribution in [2.75, 3.05) is 19.0 Å². The Bertz CT molecular complexity index is 756. The van der Waals surface area contributed by atoms with Crippen molar-refractivity contribution in [1.82, 2.24) is 4.57 Å². The zero-order valence-electron chi connectivity index (χ0n) is 12.7. The molecule has 2 rings (SSSR count). The highest BCUT2D eigenvalue weighted by molar-refractivity contribution is 5.89. The van der Waals surface area contributed by atoms with Gasteiger partial charge in [0, 0.05) is 25.2 Å². The molecule has 0 spiro atoms. The van der Waals surface area contributed by atoms with Crippen molar-refractivity contribution in [2.45, 2.75) is 13.8 Å². The fourth-order valence-corrected chi connectivity index (χ4v) is 2.07. The van der Waals surface area contributed by atoms with Gasteiger partial charge < -0.3 is 19.7 Å². The summed E-state index contributed by atoms with van der Waals surface area (Å²) in [4.78, 5) is 12.3. The number of aryl methyl sites for hydroxylation is 1. The van der Waals surface area contributed by atoms with E-state index in [9.17, 15) is 9.90 Å². The molecule has 1 heterocycles. The van der Waals surface area contributed by atoms with Gasteiger partial charge in [-0.1, -0.05) is 5.57 Å². The van der Waals surface area contributed by atoms with Crippen molar-refractivity contribution < 1.29 is 9.84 Å². The van der Waals surface area contributed by atoms with Crippen molar-refractivity contribution in [2.24, 2.45) is 7.05 Å². The number of ether oxygens (including phenoxy) is 1. The SMILES string of the molecule is CNc1ccc2c(O)c(OCC=C(C)C)c(=O)n(C)c2c1. The summed E-state index contributed by atoms with van der Waals surface area (Å²) in [5.74, 6) is -0.127. The van der Waals surface area contributed by atoms with E-state index in [1.54, 1.807) is 20.2 Å². The number of nitrogens with zero attached hydrogens (tertiary/aromatic N) is 1. The maximum Gasteiger partial charge on any atom is 0.297 e. The Kier molecular flexibility index (Phi) is 4.21. The molecule has 5 nitrogen and oxygen atoms in total. The molecule has 112 valence electrons. The molecule has 0 aliphatic heterocycles. The lowest BCUT2D eigenvalue weighted by Crippen LogP contribution is -2.20. The van der Waals surface area contributed by atoms with Gasteiger partial charge in [-0.15, -0.1) is 0 Å². The summed E-state index contributed by atoms with van der Waals surface area (Å²) in [5, 5.41) is 13.9. The largest absolute Gasteiger partial charge is 0.504 e. The predicted octanol–water partition coefficient (Wildman–Crippen LogP) is 2.63. The molecule has 2 N–H and O–H groups in total. The van der Waals surface area contributed by atoms with Crippen LogP contribution in [-0.2, 0) is 7.05 Å². The van der Waals surface area contributed by atoms with Gasteiger partial charge >= 0.3 is 0 Å². The number of pyridine rings is 1. The molecule has 0 aliphatic rings. The van der Waals surface area contributed by atoms with E-state index in [-0.39, 0.29) is 23.7 Å². The molecule has 0 saturated heterocycles. The molecule has 2 aromatic rings. The molecule has 0 unspecified atom stereocenters. The van der Waals surface area contributed by atoms with E-state index in [2.05, 4.69) is 5.32 Å². The van der Waals surface area contributed by atoms with E-state index >= 15 is 0 Å². The molecule has 0 aliphatic carbocycles. The first-order chi connectivity index (χ1) is 9.95.